The molecule has 0 spiro atoms. The first-order valence-electron chi connectivity index (χ1n) is 7.62. The molecule has 2 aromatic rings. The highest BCUT2D eigenvalue weighted by molar-refractivity contribution is 5.23. The second kappa shape index (κ2) is 5.00. The summed E-state index contributed by atoms with van der Waals surface area (Å²) >= 11 is 0. The van der Waals surface area contributed by atoms with Gasteiger partial charge in [0.25, 0.3) is 0 Å². The van der Waals surface area contributed by atoms with Gasteiger partial charge in [-0.1, -0.05) is 30.8 Å². The number of rotatable bonds is 3. The first kappa shape index (κ1) is 12.1. The van der Waals surface area contributed by atoms with E-state index in [9.17, 15) is 0 Å². The lowest BCUT2D eigenvalue weighted by atomic mass is 9.90. The quantitative estimate of drug-likeness (QED) is 0.928. The standard InChI is InChI=1S/C14H19N5O/c1-2-5-9(4-1)8-12-15-14(20-18-12)10-6-3-7-11-13(10)17-19-16-11/h9-10H,1-8H2,(H,16,17,19). The van der Waals surface area contributed by atoms with Gasteiger partial charge in [0.2, 0.25) is 5.89 Å². The molecular weight excluding hydrogens is 254 g/mol. The maximum absolute atomic E-state index is 5.50. The van der Waals surface area contributed by atoms with Crippen LogP contribution in [0.1, 0.15) is 67.5 Å². The minimum absolute atomic E-state index is 0.127. The fourth-order valence-electron chi connectivity index (χ4n) is 3.54. The largest absolute Gasteiger partial charge is 0.339 e. The second-order valence-corrected chi connectivity index (χ2v) is 6.00. The minimum atomic E-state index is 0.127. The van der Waals surface area contributed by atoms with Crippen LogP contribution in [-0.4, -0.2) is 25.6 Å². The number of H-pyrrole nitrogens is 1. The maximum Gasteiger partial charge on any atom is 0.235 e. The molecule has 1 unspecified atom stereocenters. The van der Waals surface area contributed by atoms with Crippen LogP contribution in [0.2, 0.25) is 0 Å². The van der Waals surface area contributed by atoms with Crippen molar-refractivity contribution in [2.45, 2.75) is 57.3 Å². The molecular formula is C14H19N5O. The number of nitrogens with one attached hydrogen (secondary N) is 1. The highest BCUT2D eigenvalue weighted by atomic mass is 16.5. The zero-order valence-electron chi connectivity index (χ0n) is 11.5. The molecule has 1 saturated carbocycles. The summed E-state index contributed by atoms with van der Waals surface area (Å²) in [6.07, 6.45) is 9.38. The summed E-state index contributed by atoms with van der Waals surface area (Å²) in [6.45, 7) is 0. The monoisotopic (exact) mass is 273 g/mol. The summed E-state index contributed by atoms with van der Waals surface area (Å²) in [5, 5.41) is 15.3. The molecule has 1 atom stereocenters. The summed E-state index contributed by atoms with van der Waals surface area (Å²) in [5.74, 6) is 2.45. The fraction of sp³-hybridized carbons (Fsp3) is 0.714. The van der Waals surface area contributed by atoms with E-state index < -0.39 is 0 Å². The summed E-state index contributed by atoms with van der Waals surface area (Å²) in [7, 11) is 0. The van der Waals surface area contributed by atoms with Crippen LogP contribution < -0.4 is 0 Å². The predicted octanol–water partition coefficient (Wildman–Crippen LogP) is 2.39. The molecule has 0 radical (unpaired) electrons. The van der Waals surface area contributed by atoms with Gasteiger partial charge in [-0.05, 0) is 25.2 Å². The number of nitrogens with zero attached hydrogens (tertiary/aromatic N) is 4. The first-order chi connectivity index (χ1) is 9.90. The van der Waals surface area contributed by atoms with Crippen molar-refractivity contribution >= 4 is 0 Å². The van der Waals surface area contributed by atoms with Crippen LogP contribution in [0, 0.1) is 5.92 Å². The van der Waals surface area contributed by atoms with E-state index in [1.165, 1.54) is 25.7 Å². The van der Waals surface area contributed by atoms with E-state index in [1.807, 2.05) is 0 Å². The number of hydrogen-bond donors (Lipinski definition) is 1. The fourth-order valence-corrected chi connectivity index (χ4v) is 3.54. The molecule has 1 N–H and O–H groups in total. The normalized spacial score (nSPS) is 23.1. The van der Waals surface area contributed by atoms with Gasteiger partial charge in [-0.2, -0.15) is 20.4 Å². The molecule has 2 aromatic heterocycles. The molecule has 0 bridgehead atoms. The topological polar surface area (TPSA) is 80.5 Å². The Bertz CT molecular complexity index is 584. The highest BCUT2D eigenvalue weighted by Crippen LogP contribution is 2.34. The van der Waals surface area contributed by atoms with Gasteiger partial charge in [-0.25, -0.2) is 0 Å². The van der Waals surface area contributed by atoms with Crippen molar-refractivity contribution in [2.24, 2.45) is 5.92 Å². The Balaban J connectivity index is 1.54. The molecule has 0 saturated heterocycles. The second-order valence-electron chi connectivity index (χ2n) is 6.00. The summed E-state index contributed by atoms with van der Waals surface area (Å²) in [6, 6.07) is 0. The van der Waals surface area contributed by atoms with Crippen LogP contribution >= 0.6 is 0 Å². The van der Waals surface area contributed by atoms with E-state index in [4.69, 9.17) is 4.52 Å². The lowest BCUT2D eigenvalue weighted by molar-refractivity contribution is 0.346. The maximum atomic E-state index is 5.50. The van der Waals surface area contributed by atoms with Gasteiger partial charge in [0.15, 0.2) is 5.82 Å². The zero-order valence-corrected chi connectivity index (χ0v) is 11.5. The molecule has 2 aliphatic carbocycles. The molecule has 2 heterocycles. The molecule has 6 nitrogen and oxygen atoms in total. The van der Waals surface area contributed by atoms with Crippen molar-refractivity contribution in [3.63, 3.8) is 0 Å². The highest BCUT2D eigenvalue weighted by Gasteiger charge is 2.30. The van der Waals surface area contributed by atoms with Gasteiger partial charge in [0.05, 0.1) is 17.3 Å². The van der Waals surface area contributed by atoms with Crippen molar-refractivity contribution in [3.05, 3.63) is 23.1 Å². The smallest absolute Gasteiger partial charge is 0.235 e. The third kappa shape index (κ3) is 2.13. The summed E-state index contributed by atoms with van der Waals surface area (Å²) in [5.41, 5.74) is 2.05. The van der Waals surface area contributed by atoms with E-state index in [2.05, 4.69) is 25.6 Å². The molecule has 2 aliphatic rings. The molecule has 0 aromatic carbocycles. The molecule has 0 aliphatic heterocycles. The number of aryl methyl sites for hydroxylation is 1. The molecule has 4 rings (SSSR count). The lowest BCUT2D eigenvalue weighted by Gasteiger charge is -2.15. The van der Waals surface area contributed by atoms with E-state index in [1.54, 1.807) is 0 Å². The minimum Gasteiger partial charge on any atom is -0.339 e. The van der Waals surface area contributed by atoms with Gasteiger partial charge >= 0.3 is 0 Å². The van der Waals surface area contributed by atoms with Gasteiger partial charge in [0.1, 0.15) is 0 Å². The number of fused-ring (bicyclic) bond motifs is 1. The molecule has 6 heteroatoms. The van der Waals surface area contributed by atoms with Gasteiger partial charge in [0, 0.05) is 6.42 Å². The third-order valence-electron chi connectivity index (χ3n) is 4.62. The van der Waals surface area contributed by atoms with Crippen molar-refractivity contribution in [3.8, 4) is 0 Å². The van der Waals surface area contributed by atoms with Crippen LogP contribution in [0.4, 0.5) is 0 Å². The number of aromatic nitrogens is 5. The van der Waals surface area contributed by atoms with Crippen LogP contribution in [0.15, 0.2) is 4.52 Å². The van der Waals surface area contributed by atoms with Crippen LogP contribution in [-0.2, 0) is 12.8 Å². The third-order valence-corrected chi connectivity index (χ3v) is 4.62. The average molecular weight is 273 g/mol. The Morgan fingerprint density at radius 2 is 2.00 bits per heavy atom. The van der Waals surface area contributed by atoms with Crippen LogP contribution in [0.25, 0.3) is 0 Å². The summed E-state index contributed by atoms with van der Waals surface area (Å²) in [4.78, 5) is 4.62. The van der Waals surface area contributed by atoms with Crippen LogP contribution in [0.5, 0.6) is 0 Å². The molecule has 0 amide bonds. The summed E-state index contributed by atoms with van der Waals surface area (Å²) < 4.78 is 5.50. The van der Waals surface area contributed by atoms with Gasteiger partial charge in [-0.3, -0.25) is 0 Å². The first-order valence-corrected chi connectivity index (χ1v) is 7.62. The van der Waals surface area contributed by atoms with E-state index >= 15 is 0 Å². The van der Waals surface area contributed by atoms with E-state index in [0.717, 1.165) is 48.8 Å². The lowest BCUT2D eigenvalue weighted by Crippen LogP contribution is -2.11. The van der Waals surface area contributed by atoms with E-state index in [0.29, 0.717) is 5.89 Å². The molecule has 1 fully saturated rings. The van der Waals surface area contributed by atoms with Crippen molar-refractivity contribution in [2.75, 3.05) is 0 Å². The van der Waals surface area contributed by atoms with Crippen molar-refractivity contribution in [1.29, 1.82) is 0 Å². The molecule has 106 valence electrons. The zero-order chi connectivity index (χ0) is 13.4. The van der Waals surface area contributed by atoms with Crippen molar-refractivity contribution < 1.29 is 4.52 Å². The van der Waals surface area contributed by atoms with Crippen LogP contribution in [0.3, 0.4) is 0 Å². The Hall–Kier alpha value is -1.72. The van der Waals surface area contributed by atoms with Gasteiger partial charge in [-0.15, -0.1) is 0 Å². The molecule has 20 heavy (non-hydrogen) atoms. The number of aromatic amines is 1. The average Bonchev–Trinajstić information content (AvgIpc) is 3.19. The predicted molar refractivity (Wildman–Crippen MR) is 71.1 cm³/mol. The Labute approximate surface area is 117 Å². The Kier molecular flexibility index (Phi) is 3.01. The van der Waals surface area contributed by atoms with Gasteiger partial charge < -0.3 is 4.52 Å². The van der Waals surface area contributed by atoms with Crippen molar-refractivity contribution in [1.82, 2.24) is 25.6 Å². The SMILES string of the molecule is C1CCC(Cc2noc(C3CCCc4n[nH]nc43)n2)C1. The Morgan fingerprint density at radius 3 is 2.90 bits per heavy atom. The van der Waals surface area contributed by atoms with E-state index in [-0.39, 0.29) is 5.92 Å². The number of hydrogen-bond acceptors (Lipinski definition) is 5. The Morgan fingerprint density at radius 1 is 1.10 bits per heavy atom.